The lowest BCUT2D eigenvalue weighted by Crippen LogP contribution is -2.12. The number of allylic oxidation sites excluding steroid dienone is 1. The van der Waals surface area contributed by atoms with E-state index in [0.29, 0.717) is 24.8 Å². The van der Waals surface area contributed by atoms with Gasteiger partial charge in [-0.15, -0.1) is 11.8 Å². The van der Waals surface area contributed by atoms with Gasteiger partial charge >= 0.3 is 11.9 Å². The number of ether oxygens (including phenoxy) is 2. The van der Waals surface area contributed by atoms with Gasteiger partial charge in [0.15, 0.2) is 5.78 Å². The fourth-order valence-corrected chi connectivity index (χ4v) is 1.84. The maximum absolute atomic E-state index is 11.6. The fourth-order valence-electron chi connectivity index (χ4n) is 1.84. The first-order valence-corrected chi connectivity index (χ1v) is 6.46. The summed E-state index contributed by atoms with van der Waals surface area (Å²) in [5, 5.41) is 0. The average molecular weight is 278 g/mol. The van der Waals surface area contributed by atoms with Gasteiger partial charge < -0.3 is 9.47 Å². The molecule has 0 aromatic carbocycles. The number of carbonyl (C=O) groups is 3. The summed E-state index contributed by atoms with van der Waals surface area (Å²) in [6.45, 7) is 1.32. The standard InChI is InChI=1S/C15H18O5/c1-11(16)20-13-9-12(14(17)10-13)7-5-3-4-6-8-15(18)19-2/h9,13H,5-8,10H2,1-2H3/t13-/m0/s1. The van der Waals surface area contributed by atoms with E-state index in [4.69, 9.17) is 4.74 Å². The molecule has 1 aliphatic carbocycles. The fraction of sp³-hybridized carbons (Fsp3) is 0.533. The third-order valence-corrected chi connectivity index (χ3v) is 2.78. The van der Waals surface area contributed by atoms with Gasteiger partial charge in [0.2, 0.25) is 0 Å². The summed E-state index contributed by atoms with van der Waals surface area (Å²) in [7, 11) is 1.34. The summed E-state index contributed by atoms with van der Waals surface area (Å²) >= 11 is 0. The second kappa shape index (κ2) is 8.16. The van der Waals surface area contributed by atoms with Gasteiger partial charge in [-0.2, -0.15) is 0 Å². The summed E-state index contributed by atoms with van der Waals surface area (Å²) < 4.78 is 9.47. The second-order valence-corrected chi connectivity index (χ2v) is 4.40. The quantitative estimate of drug-likeness (QED) is 0.564. The first-order chi connectivity index (χ1) is 9.52. The lowest BCUT2D eigenvalue weighted by atomic mass is 10.1. The van der Waals surface area contributed by atoms with Crippen molar-refractivity contribution in [2.24, 2.45) is 0 Å². The molecule has 0 saturated carbocycles. The number of hydrogen-bond acceptors (Lipinski definition) is 5. The van der Waals surface area contributed by atoms with Gasteiger partial charge in [-0.3, -0.25) is 14.4 Å². The van der Waals surface area contributed by atoms with Crippen molar-refractivity contribution in [2.45, 2.75) is 45.1 Å². The topological polar surface area (TPSA) is 69.7 Å². The zero-order chi connectivity index (χ0) is 15.0. The molecule has 20 heavy (non-hydrogen) atoms. The summed E-state index contributed by atoms with van der Waals surface area (Å²) in [5.74, 6) is 5.11. The molecule has 0 heterocycles. The van der Waals surface area contributed by atoms with Gasteiger partial charge in [0.1, 0.15) is 6.10 Å². The largest absolute Gasteiger partial charge is 0.469 e. The maximum atomic E-state index is 11.6. The van der Waals surface area contributed by atoms with Crippen molar-refractivity contribution in [1.29, 1.82) is 0 Å². The molecule has 1 rings (SSSR count). The lowest BCUT2D eigenvalue weighted by molar-refractivity contribution is -0.144. The Bertz CT molecular complexity index is 478. The van der Waals surface area contributed by atoms with E-state index in [0.717, 1.165) is 0 Å². The molecule has 0 fully saturated rings. The summed E-state index contributed by atoms with van der Waals surface area (Å²) in [6.07, 6.45) is 3.31. The minimum absolute atomic E-state index is 0.00705. The molecule has 0 radical (unpaired) electrons. The summed E-state index contributed by atoms with van der Waals surface area (Å²) in [4.78, 5) is 33.3. The van der Waals surface area contributed by atoms with E-state index in [9.17, 15) is 14.4 Å². The van der Waals surface area contributed by atoms with E-state index in [1.54, 1.807) is 6.08 Å². The number of esters is 2. The molecule has 0 saturated heterocycles. The summed E-state index contributed by atoms with van der Waals surface area (Å²) in [5.41, 5.74) is 0.665. The van der Waals surface area contributed by atoms with E-state index in [-0.39, 0.29) is 30.6 Å². The number of hydrogen-bond donors (Lipinski definition) is 0. The van der Waals surface area contributed by atoms with Gasteiger partial charge in [-0.1, -0.05) is 0 Å². The van der Waals surface area contributed by atoms with E-state index >= 15 is 0 Å². The summed E-state index contributed by atoms with van der Waals surface area (Å²) in [6, 6.07) is 0. The van der Waals surface area contributed by atoms with Crippen molar-refractivity contribution in [3.05, 3.63) is 11.6 Å². The number of methoxy groups -OCH3 is 1. The molecular formula is C15H18O5. The van der Waals surface area contributed by atoms with Crippen molar-refractivity contribution < 1.29 is 23.9 Å². The van der Waals surface area contributed by atoms with E-state index in [2.05, 4.69) is 16.6 Å². The highest BCUT2D eigenvalue weighted by atomic mass is 16.5. The van der Waals surface area contributed by atoms with Crippen LogP contribution in [0.25, 0.3) is 0 Å². The average Bonchev–Trinajstić information content (AvgIpc) is 2.72. The molecule has 1 aliphatic rings. The van der Waals surface area contributed by atoms with Gasteiger partial charge in [-0.05, 0) is 18.1 Å². The van der Waals surface area contributed by atoms with Crippen LogP contribution >= 0.6 is 0 Å². The molecule has 0 amide bonds. The van der Waals surface area contributed by atoms with Crippen LogP contribution in [0.4, 0.5) is 0 Å². The van der Waals surface area contributed by atoms with Crippen LogP contribution in [0.2, 0.25) is 0 Å². The Balaban J connectivity index is 2.31. The zero-order valence-electron chi connectivity index (χ0n) is 11.7. The Morgan fingerprint density at radius 2 is 2.05 bits per heavy atom. The maximum Gasteiger partial charge on any atom is 0.306 e. The molecule has 1 atom stereocenters. The highest BCUT2D eigenvalue weighted by molar-refractivity contribution is 5.98. The molecule has 0 aliphatic heterocycles. The van der Waals surface area contributed by atoms with E-state index in [1.807, 2.05) is 0 Å². The van der Waals surface area contributed by atoms with E-state index < -0.39 is 6.10 Å². The predicted octanol–water partition coefficient (Wildman–Crippen LogP) is 1.55. The first kappa shape index (κ1) is 16.0. The Morgan fingerprint density at radius 1 is 1.35 bits per heavy atom. The number of ketones is 1. The van der Waals surface area contributed by atoms with Crippen LogP contribution in [0, 0.1) is 11.8 Å². The minimum Gasteiger partial charge on any atom is -0.469 e. The third kappa shape index (κ3) is 5.70. The Morgan fingerprint density at radius 3 is 2.70 bits per heavy atom. The van der Waals surface area contributed by atoms with Crippen LogP contribution in [0.15, 0.2) is 11.6 Å². The normalized spacial score (nSPS) is 17.0. The molecule has 5 nitrogen and oxygen atoms in total. The van der Waals surface area contributed by atoms with Crippen molar-refractivity contribution in [3.63, 3.8) is 0 Å². The molecule has 0 spiro atoms. The number of rotatable bonds is 5. The van der Waals surface area contributed by atoms with Crippen molar-refractivity contribution >= 4 is 17.7 Å². The first-order valence-electron chi connectivity index (χ1n) is 6.46. The lowest BCUT2D eigenvalue weighted by Gasteiger charge is -2.05. The molecular weight excluding hydrogens is 260 g/mol. The SMILES string of the molecule is COC(=O)CCC#CCCC1=C[C@H](OC(C)=O)CC1=O. The molecule has 0 bridgehead atoms. The highest BCUT2D eigenvalue weighted by Crippen LogP contribution is 2.21. The Hall–Kier alpha value is -2.09. The predicted molar refractivity (Wildman–Crippen MR) is 71.5 cm³/mol. The van der Waals surface area contributed by atoms with Gasteiger partial charge in [0.25, 0.3) is 0 Å². The molecule has 0 aromatic heterocycles. The van der Waals surface area contributed by atoms with Crippen LogP contribution in [0.3, 0.4) is 0 Å². The van der Waals surface area contributed by atoms with Crippen molar-refractivity contribution in [1.82, 2.24) is 0 Å². The van der Waals surface area contributed by atoms with Crippen molar-refractivity contribution in [3.8, 4) is 11.8 Å². The molecule has 108 valence electrons. The van der Waals surface area contributed by atoms with Gasteiger partial charge in [0.05, 0.1) is 20.0 Å². The van der Waals surface area contributed by atoms with Crippen LogP contribution in [-0.4, -0.2) is 30.9 Å². The smallest absolute Gasteiger partial charge is 0.306 e. The third-order valence-electron chi connectivity index (χ3n) is 2.78. The number of Topliss-reactive ketones (excluding diaryl/α,β-unsaturated/α-hetero) is 1. The molecule has 0 unspecified atom stereocenters. The number of carbonyl (C=O) groups excluding carboxylic acids is 3. The monoisotopic (exact) mass is 278 g/mol. The Labute approximate surface area is 118 Å². The molecule has 0 aromatic rings. The van der Waals surface area contributed by atoms with Gasteiger partial charge in [0, 0.05) is 19.8 Å². The van der Waals surface area contributed by atoms with Crippen LogP contribution in [0.1, 0.15) is 39.0 Å². The van der Waals surface area contributed by atoms with Crippen LogP contribution < -0.4 is 0 Å². The van der Waals surface area contributed by atoms with Gasteiger partial charge in [-0.25, -0.2) is 0 Å². The zero-order valence-corrected chi connectivity index (χ0v) is 11.7. The molecule has 5 heteroatoms. The van der Waals surface area contributed by atoms with Crippen LogP contribution in [0.5, 0.6) is 0 Å². The Kier molecular flexibility index (Phi) is 6.51. The molecule has 0 N–H and O–H groups in total. The second-order valence-electron chi connectivity index (χ2n) is 4.40. The van der Waals surface area contributed by atoms with E-state index in [1.165, 1.54) is 14.0 Å². The highest BCUT2D eigenvalue weighted by Gasteiger charge is 2.25. The van der Waals surface area contributed by atoms with Crippen molar-refractivity contribution in [2.75, 3.05) is 7.11 Å². The van der Waals surface area contributed by atoms with Crippen LogP contribution in [-0.2, 0) is 23.9 Å². The minimum atomic E-state index is -0.428.